The highest BCUT2D eigenvalue weighted by atomic mass is 16.4. The summed E-state index contributed by atoms with van der Waals surface area (Å²) < 4.78 is 0. The Morgan fingerprint density at radius 3 is 2.25 bits per heavy atom. The second-order valence-electron chi connectivity index (χ2n) is 5.79. The smallest absolute Gasteiger partial charge is 0.310 e. The SMILES string of the molecule is CC(C)C(C)(CC(=O)N(C)Cc1ccccc1)C(=O)O. The van der Waals surface area contributed by atoms with E-state index in [0.717, 1.165) is 5.56 Å². The van der Waals surface area contributed by atoms with Crippen LogP contribution in [0.5, 0.6) is 0 Å². The van der Waals surface area contributed by atoms with Crippen molar-refractivity contribution >= 4 is 11.9 Å². The number of rotatable bonds is 6. The molecule has 0 aliphatic rings. The van der Waals surface area contributed by atoms with Crippen molar-refractivity contribution in [1.29, 1.82) is 0 Å². The maximum atomic E-state index is 12.2. The summed E-state index contributed by atoms with van der Waals surface area (Å²) in [4.78, 5) is 25.2. The lowest BCUT2D eigenvalue weighted by molar-refractivity contribution is -0.155. The van der Waals surface area contributed by atoms with E-state index in [0.29, 0.717) is 6.54 Å². The summed E-state index contributed by atoms with van der Waals surface area (Å²) in [5, 5.41) is 9.35. The van der Waals surface area contributed by atoms with Crippen LogP contribution in [-0.2, 0) is 16.1 Å². The van der Waals surface area contributed by atoms with Crippen LogP contribution in [0.1, 0.15) is 32.8 Å². The van der Waals surface area contributed by atoms with Crippen molar-refractivity contribution in [3.05, 3.63) is 35.9 Å². The van der Waals surface area contributed by atoms with Crippen LogP contribution in [0.4, 0.5) is 0 Å². The molecule has 0 fully saturated rings. The number of aliphatic carboxylic acids is 1. The zero-order valence-electron chi connectivity index (χ0n) is 12.6. The van der Waals surface area contributed by atoms with Crippen molar-refractivity contribution in [2.45, 2.75) is 33.7 Å². The molecular formula is C16H23NO3. The average Bonchev–Trinajstić information content (AvgIpc) is 2.39. The summed E-state index contributed by atoms with van der Waals surface area (Å²) >= 11 is 0. The van der Waals surface area contributed by atoms with E-state index < -0.39 is 11.4 Å². The third-order valence-corrected chi connectivity index (χ3v) is 3.97. The van der Waals surface area contributed by atoms with Gasteiger partial charge < -0.3 is 10.0 Å². The predicted octanol–water partition coefficient (Wildman–Crippen LogP) is 2.78. The van der Waals surface area contributed by atoms with Crippen LogP contribution >= 0.6 is 0 Å². The first-order chi connectivity index (χ1) is 9.27. The van der Waals surface area contributed by atoms with Crippen LogP contribution in [0.3, 0.4) is 0 Å². The van der Waals surface area contributed by atoms with E-state index in [2.05, 4.69) is 0 Å². The van der Waals surface area contributed by atoms with E-state index in [1.165, 1.54) is 0 Å². The maximum absolute atomic E-state index is 12.2. The molecule has 1 unspecified atom stereocenters. The first kappa shape index (κ1) is 16.2. The number of carboxylic acid groups (broad SMARTS) is 1. The van der Waals surface area contributed by atoms with Gasteiger partial charge in [0.05, 0.1) is 5.41 Å². The quantitative estimate of drug-likeness (QED) is 0.870. The Hall–Kier alpha value is -1.84. The molecule has 4 nitrogen and oxygen atoms in total. The minimum atomic E-state index is -1.03. The lowest BCUT2D eigenvalue weighted by atomic mass is 9.76. The minimum Gasteiger partial charge on any atom is -0.481 e. The van der Waals surface area contributed by atoms with Gasteiger partial charge in [0, 0.05) is 20.0 Å². The third kappa shape index (κ3) is 3.83. The van der Waals surface area contributed by atoms with E-state index in [-0.39, 0.29) is 18.2 Å². The summed E-state index contributed by atoms with van der Waals surface area (Å²) in [7, 11) is 1.71. The molecule has 110 valence electrons. The van der Waals surface area contributed by atoms with Crippen LogP contribution in [-0.4, -0.2) is 28.9 Å². The van der Waals surface area contributed by atoms with Crippen molar-refractivity contribution in [2.24, 2.45) is 11.3 Å². The molecule has 0 aromatic heterocycles. The normalized spacial score (nSPS) is 13.8. The van der Waals surface area contributed by atoms with Gasteiger partial charge in [-0.15, -0.1) is 0 Å². The first-order valence-corrected chi connectivity index (χ1v) is 6.78. The monoisotopic (exact) mass is 277 g/mol. The molecule has 1 aromatic carbocycles. The Bertz CT molecular complexity index is 470. The second kappa shape index (κ2) is 6.55. The van der Waals surface area contributed by atoms with Crippen LogP contribution in [0.2, 0.25) is 0 Å². The molecule has 0 spiro atoms. The highest BCUT2D eigenvalue weighted by Gasteiger charge is 2.39. The van der Waals surface area contributed by atoms with E-state index in [4.69, 9.17) is 0 Å². The van der Waals surface area contributed by atoms with Gasteiger partial charge in [0.15, 0.2) is 0 Å². The van der Waals surface area contributed by atoms with Crippen molar-refractivity contribution in [3.63, 3.8) is 0 Å². The molecule has 0 aliphatic heterocycles. The zero-order chi connectivity index (χ0) is 15.3. The molecule has 1 rings (SSSR count). The third-order valence-electron chi connectivity index (χ3n) is 3.97. The summed E-state index contributed by atoms with van der Waals surface area (Å²) in [6.45, 7) is 5.79. The highest BCUT2D eigenvalue weighted by Crippen LogP contribution is 2.32. The maximum Gasteiger partial charge on any atom is 0.310 e. The number of hydrogen-bond acceptors (Lipinski definition) is 2. The lowest BCUT2D eigenvalue weighted by Crippen LogP contribution is -2.39. The molecule has 1 atom stereocenters. The van der Waals surface area contributed by atoms with Crippen LogP contribution in [0, 0.1) is 11.3 Å². The molecule has 0 saturated heterocycles. The fourth-order valence-electron chi connectivity index (χ4n) is 1.92. The molecule has 4 heteroatoms. The number of carbonyl (C=O) groups excluding carboxylic acids is 1. The van der Waals surface area contributed by atoms with Crippen molar-refractivity contribution in [2.75, 3.05) is 7.05 Å². The van der Waals surface area contributed by atoms with Gasteiger partial charge in [-0.2, -0.15) is 0 Å². The van der Waals surface area contributed by atoms with Gasteiger partial charge in [0.1, 0.15) is 0 Å². The van der Waals surface area contributed by atoms with Crippen LogP contribution in [0.15, 0.2) is 30.3 Å². The summed E-state index contributed by atoms with van der Waals surface area (Å²) in [5.41, 5.74) is 0.00658. The predicted molar refractivity (Wildman–Crippen MR) is 78.1 cm³/mol. The standard InChI is InChI=1S/C16H23NO3/c1-12(2)16(3,15(19)20)10-14(18)17(4)11-13-8-6-5-7-9-13/h5-9,12H,10-11H2,1-4H3,(H,19,20). The molecule has 1 N–H and O–H groups in total. The molecule has 0 aliphatic carbocycles. The molecule has 0 saturated carbocycles. The van der Waals surface area contributed by atoms with E-state index in [9.17, 15) is 14.7 Å². The number of amides is 1. The van der Waals surface area contributed by atoms with Gasteiger partial charge in [-0.05, 0) is 18.4 Å². The molecule has 20 heavy (non-hydrogen) atoms. The lowest BCUT2D eigenvalue weighted by Gasteiger charge is -2.30. The van der Waals surface area contributed by atoms with Crippen molar-refractivity contribution in [3.8, 4) is 0 Å². The first-order valence-electron chi connectivity index (χ1n) is 6.78. The van der Waals surface area contributed by atoms with E-state index >= 15 is 0 Å². The number of nitrogens with zero attached hydrogens (tertiary/aromatic N) is 1. The average molecular weight is 277 g/mol. The summed E-state index contributed by atoms with van der Waals surface area (Å²) in [6.07, 6.45) is 0.0172. The van der Waals surface area contributed by atoms with Gasteiger partial charge >= 0.3 is 5.97 Å². The molecule has 1 aromatic rings. The summed E-state index contributed by atoms with van der Waals surface area (Å²) in [5.74, 6) is -1.17. The molecule has 0 bridgehead atoms. The number of carboxylic acids is 1. The summed E-state index contributed by atoms with van der Waals surface area (Å²) in [6, 6.07) is 9.66. The van der Waals surface area contributed by atoms with Gasteiger partial charge in [-0.3, -0.25) is 9.59 Å². The fraction of sp³-hybridized carbons (Fsp3) is 0.500. The topological polar surface area (TPSA) is 57.6 Å². The Kier molecular flexibility index (Phi) is 5.31. The Balaban J connectivity index is 2.72. The van der Waals surface area contributed by atoms with E-state index in [1.54, 1.807) is 18.9 Å². The number of carbonyl (C=O) groups is 2. The molecular weight excluding hydrogens is 254 g/mol. The number of benzene rings is 1. The van der Waals surface area contributed by atoms with Crippen molar-refractivity contribution in [1.82, 2.24) is 4.90 Å². The molecule has 0 radical (unpaired) electrons. The van der Waals surface area contributed by atoms with Crippen LogP contribution < -0.4 is 0 Å². The van der Waals surface area contributed by atoms with Crippen molar-refractivity contribution < 1.29 is 14.7 Å². The minimum absolute atomic E-state index is 0.0172. The van der Waals surface area contributed by atoms with Gasteiger partial charge in [0.25, 0.3) is 0 Å². The zero-order valence-corrected chi connectivity index (χ0v) is 12.6. The second-order valence-corrected chi connectivity index (χ2v) is 5.79. The fourth-order valence-corrected chi connectivity index (χ4v) is 1.92. The largest absolute Gasteiger partial charge is 0.481 e. The van der Waals surface area contributed by atoms with Crippen LogP contribution in [0.25, 0.3) is 0 Å². The van der Waals surface area contributed by atoms with E-state index in [1.807, 2.05) is 44.2 Å². The van der Waals surface area contributed by atoms with Gasteiger partial charge in [0.2, 0.25) is 5.91 Å². The highest BCUT2D eigenvalue weighted by molar-refractivity contribution is 5.84. The Morgan fingerprint density at radius 2 is 1.80 bits per heavy atom. The Morgan fingerprint density at radius 1 is 1.25 bits per heavy atom. The Labute approximate surface area is 120 Å². The van der Waals surface area contributed by atoms with Gasteiger partial charge in [-0.1, -0.05) is 44.2 Å². The molecule has 1 amide bonds. The van der Waals surface area contributed by atoms with Gasteiger partial charge in [-0.25, -0.2) is 0 Å². The molecule has 0 heterocycles. The number of hydrogen-bond donors (Lipinski definition) is 1.